The molecule has 0 heterocycles. The van der Waals surface area contributed by atoms with Crippen LogP contribution in [0.4, 0.5) is 0 Å². The number of methoxy groups -OCH3 is 1. The molecule has 0 bridgehead atoms. The van der Waals surface area contributed by atoms with Crippen LogP contribution in [-0.4, -0.2) is 19.1 Å². The van der Waals surface area contributed by atoms with E-state index in [0.717, 1.165) is 23.3 Å². The lowest BCUT2D eigenvalue weighted by Crippen LogP contribution is -2.44. The molecule has 3 unspecified atom stereocenters. The zero-order chi connectivity index (χ0) is 19.1. The van der Waals surface area contributed by atoms with E-state index in [2.05, 4.69) is 19.2 Å². The van der Waals surface area contributed by atoms with Crippen molar-refractivity contribution in [1.82, 2.24) is 5.32 Å². The largest absolute Gasteiger partial charge is 0.496 e. The van der Waals surface area contributed by atoms with Gasteiger partial charge in [-0.1, -0.05) is 69.3 Å². The molecule has 0 aliphatic heterocycles. The maximum Gasteiger partial charge on any atom is 0.224 e. The first-order chi connectivity index (χ1) is 12.4. The quantitative estimate of drug-likeness (QED) is 0.759. The summed E-state index contributed by atoms with van der Waals surface area (Å²) in [7, 11) is 1.67. The van der Waals surface area contributed by atoms with Crippen LogP contribution in [0, 0.1) is 11.8 Å². The molecule has 0 fully saturated rings. The van der Waals surface area contributed by atoms with Gasteiger partial charge in [0.1, 0.15) is 5.75 Å². The van der Waals surface area contributed by atoms with Crippen molar-refractivity contribution in [2.45, 2.75) is 39.3 Å². The van der Waals surface area contributed by atoms with Crippen molar-refractivity contribution in [1.29, 1.82) is 0 Å². The minimum Gasteiger partial charge on any atom is -0.496 e. The van der Waals surface area contributed by atoms with Gasteiger partial charge in [0, 0.05) is 12.1 Å². The van der Waals surface area contributed by atoms with E-state index < -0.39 is 0 Å². The molecular formula is C22H30N2O2. The lowest BCUT2D eigenvalue weighted by molar-refractivity contribution is -0.126. The average Bonchev–Trinajstić information content (AvgIpc) is 2.67. The van der Waals surface area contributed by atoms with E-state index in [-0.39, 0.29) is 23.9 Å². The molecule has 3 atom stereocenters. The van der Waals surface area contributed by atoms with Crippen LogP contribution in [0.15, 0.2) is 54.6 Å². The Morgan fingerprint density at radius 3 is 2.27 bits per heavy atom. The number of hydrogen-bond acceptors (Lipinski definition) is 3. The average molecular weight is 354 g/mol. The molecule has 4 nitrogen and oxygen atoms in total. The second-order valence-corrected chi connectivity index (χ2v) is 7.10. The molecule has 0 aliphatic carbocycles. The number of rotatable bonds is 8. The molecule has 3 N–H and O–H groups in total. The first-order valence-electron chi connectivity index (χ1n) is 9.16. The zero-order valence-corrected chi connectivity index (χ0v) is 16.1. The van der Waals surface area contributed by atoms with Gasteiger partial charge in [-0.05, 0) is 29.5 Å². The third-order valence-corrected chi connectivity index (χ3v) is 4.90. The predicted molar refractivity (Wildman–Crippen MR) is 106 cm³/mol. The summed E-state index contributed by atoms with van der Waals surface area (Å²) < 4.78 is 5.44. The van der Waals surface area contributed by atoms with Gasteiger partial charge in [0.25, 0.3) is 0 Å². The molecule has 2 aromatic rings. The molecule has 140 valence electrons. The Kier molecular flexibility index (Phi) is 7.22. The molecule has 26 heavy (non-hydrogen) atoms. The topological polar surface area (TPSA) is 64.3 Å². The number of nitrogens with two attached hydrogens (primary N) is 1. The van der Waals surface area contributed by atoms with Crippen LogP contribution in [0.25, 0.3) is 0 Å². The number of amides is 1. The van der Waals surface area contributed by atoms with Crippen molar-refractivity contribution in [2.75, 3.05) is 7.11 Å². The van der Waals surface area contributed by atoms with E-state index in [4.69, 9.17) is 10.5 Å². The highest BCUT2D eigenvalue weighted by molar-refractivity contribution is 5.79. The standard InChI is InChI=1S/C22H30N2O2/c1-15(2)19(14-18-12-8-9-13-20(18)26-4)24-22(25)16(3)21(23)17-10-6-5-7-11-17/h5-13,15-16,19,21H,14,23H2,1-4H3,(H,24,25). The fourth-order valence-corrected chi connectivity index (χ4v) is 3.00. The van der Waals surface area contributed by atoms with E-state index in [0.29, 0.717) is 5.92 Å². The van der Waals surface area contributed by atoms with Gasteiger partial charge in [0.05, 0.1) is 13.0 Å². The molecule has 0 aliphatic rings. The Morgan fingerprint density at radius 2 is 1.65 bits per heavy atom. The molecule has 0 aromatic heterocycles. The van der Waals surface area contributed by atoms with Crippen LogP contribution in [0.5, 0.6) is 5.75 Å². The normalized spacial score (nSPS) is 14.5. The number of benzene rings is 2. The number of nitrogens with one attached hydrogen (secondary N) is 1. The van der Waals surface area contributed by atoms with E-state index in [9.17, 15) is 4.79 Å². The van der Waals surface area contributed by atoms with Gasteiger partial charge in [-0.3, -0.25) is 4.79 Å². The third kappa shape index (κ3) is 5.09. The summed E-state index contributed by atoms with van der Waals surface area (Å²) in [5.41, 5.74) is 8.37. The summed E-state index contributed by atoms with van der Waals surface area (Å²) in [5.74, 6) is 0.816. The summed E-state index contributed by atoms with van der Waals surface area (Å²) in [6.07, 6.45) is 0.723. The minimum atomic E-state index is -0.324. The molecule has 4 heteroatoms. The first-order valence-corrected chi connectivity index (χ1v) is 9.16. The van der Waals surface area contributed by atoms with E-state index in [1.165, 1.54) is 0 Å². The molecule has 0 spiro atoms. The third-order valence-electron chi connectivity index (χ3n) is 4.90. The summed E-state index contributed by atoms with van der Waals surface area (Å²) in [4.78, 5) is 12.8. The maximum absolute atomic E-state index is 12.8. The monoisotopic (exact) mass is 354 g/mol. The summed E-state index contributed by atoms with van der Waals surface area (Å²) in [6, 6.07) is 17.4. The van der Waals surface area contributed by atoms with Gasteiger partial charge >= 0.3 is 0 Å². The van der Waals surface area contributed by atoms with Crippen LogP contribution in [0.2, 0.25) is 0 Å². The van der Waals surface area contributed by atoms with Gasteiger partial charge in [0.15, 0.2) is 0 Å². The number of carbonyl (C=O) groups excluding carboxylic acids is 1. The van der Waals surface area contributed by atoms with Gasteiger partial charge in [-0.25, -0.2) is 0 Å². The smallest absolute Gasteiger partial charge is 0.224 e. The number of carbonyl (C=O) groups is 1. The number of para-hydroxylation sites is 1. The molecule has 2 aromatic carbocycles. The number of hydrogen-bond donors (Lipinski definition) is 2. The second kappa shape index (κ2) is 9.39. The van der Waals surface area contributed by atoms with Crippen LogP contribution in [0.1, 0.15) is 37.9 Å². The van der Waals surface area contributed by atoms with Gasteiger partial charge in [0.2, 0.25) is 5.91 Å². The second-order valence-electron chi connectivity index (χ2n) is 7.10. The highest BCUT2D eigenvalue weighted by Crippen LogP contribution is 2.23. The Bertz CT molecular complexity index is 700. The Hall–Kier alpha value is -2.33. The van der Waals surface area contributed by atoms with Crippen molar-refractivity contribution >= 4 is 5.91 Å². The van der Waals surface area contributed by atoms with Crippen LogP contribution < -0.4 is 15.8 Å². The summed E-state index contributed by atoms with van der Waals surface area (Å²) >= 11 is 0. The van der Waals surface area contributed by atoms with Gasteiger partial charge in [-0.15, -0.1) is 0 Å². The van der Waals surface area contributed by atoms with Crippen LogP contribution >= 0.6 is 0 Å². The highest BCUT2D eigenvalue weighted by atomic mass is 16.5. The van der Waals surface area contributed by atoms with Crippen molar-refractivity contribution in [2.24, 2.45) is 17.6 Å². The Morgan fingerprint density at radius 1 is 1.04 bits per heavy atom. The maximum atomic E-state index is 12.8. The van der Waals surface area contributed by atoms with Crippen molar-refractivity contribution in [3.8, 4) is 5.75 Å². The van der Waals surface area contributed by atoms with Crippen molar-refractivity contribution in [3.05, 3.63) is 65.7 Å². The summed E-state index contributed by atoms with van der Waals surface area (Å²) in [6.45, 7) is 6.11. The Balaban J connectivity index is 2.08. The van der Waals surface area contributed by atoms with Crippen LogP contribution in [0.3, 0.4) is 0 Å². The molecule has 1 amide bonds. The molecule has 0 saturated carbocycles. The molecule has 0 radical (unpaired) electrons. The molecule has 0 saturated heterocycles. The molecular weight excluding hydrogens is 324 g/mol. The SMILES string of the molecule is COc1ccccc1CC(NC(=O)C(C)C(N)c1ccccc1)C(C)C. The molecule has 2 rings (SSSR count). The lowest BCUT2D eigenvalue weighted by Gasteiger charge is -2.27. The van der Waals surface area contributed by atoms with Gasteiger partial charge < -0.3 is 15.8 Å². The van der Waals surface area contributed by atoms with Crippen LogP contribution in [-0.2, 0) is 11.2 Å². The highest BCUT2D eigenvalue weighted by Gasteiger charge is 2.26. The van der Waals surface area contributed by atoms with Gasteiger partial charge in [-0.2, -0.15) is 0 Å². The van der Waals surface area contributed by atoms with E-state index >= 15 is 0 Å². The van der Waals surface area contributed by atoms with E-state index in [1.807, 2.05) is 61.5 Å². The lowest BCUT2D eigenvalue weighted by atomic mass is 9.92. The fraction of sp³-hybridized carbons (Fsp3) is 0.409. The number of ether oxygens (including phenoxy) is 1. The fourth-order valence-electron chi connectivity index (χ4n) is 3.00. The predicted octanol–water partition coefficient (Wildman–Crippen LogP) is 3.71. The van der Waals surface area contributed by atoms with Crippen molar-refractivity contribution in [3.63, 3.8) is 0 Å². The van der Waals surface area contributed by atoms with E-state index in [1.54, 1.807) is 7.11 Å². The first kappa shape index (κ1) is 20.0. The summed E-state index contributed by atoms with van der Waals surface area (Å²) in [5, 5.41) is 3.19. The zero-order valence-electron chi connectivity index (χ0n) is 16.1. The van der Waals surface area contributed by atoms with Crippen molar-refractivity contribution < 1.29 is 9.53 Å². The Labute approximate surface area is 156 Å². The minimum absolute atomic E-state index is 0.0178.